The number of hydrogen-bond acceptors (Lipinski definition) is 2. The molecular formula is C15H20N2O. The third-order valence-corrected chi connectivity index (χ3v) is 2.90. The van der Waals surface area contributed by atoms with Crippen LogP contribution in [0.2, 0.25) is 0 Å². The molecule has 0 radical (unpaired) electrons. The average Bonchev–Trinajstić information content (AvgIpc) is 2.30. The second-order valence-electron chi connectivity index (χ2n) is 5.41. The van der Waals surface area contributed by atoms with Crippen LogP contribution in [0, 0.1) is 17.2 Å². The Morgan fingerprint density at radius 1 is 1.33 bits per heavy atom. The lowest BCUT2D eigenvalue weighted by molar-refractivity contribution is -0.118. The van der Waals surface area contributed by atoms with Crippen molar-refractivity contribution in [2.75, 3.05) is 5.32 Å². The number of nitrogens with zero attached hydrogens (tertiary/aromatic N) is 1. The van der Waals surface area contributed by atoms with Gasteiger partial charge in [-0.2, -0.15) is 5.26 Å². The van der Waals surface area contributed by atoms with Crippen molar-refractivity contribution in [1.82, 2.24) is 0 Å². The van der Waals surface area contributed by atoms with Gasteiger partial charge in [0.25, 0.3) is 0 Å². The maximum absolute atomic E-state index is 11.7. The molecule has 0 spiro atoms. The Balaban J connectivity index is 2.76. The highest BCUT2D eigenvalue weighted by atomic mass is 16.1. The van der Waals surface area contributed by atoms with Gasteiger partial charge in [0.2, 0.25) is 5.91 Å². The molecule has 0 saturated heterocycles. The topological polar surface area (TPSA) is 52.9 Å². The Labute approximate surface area is 109 Å². The Hall–Kier alpha value is -1.82. The largest absolute Gasteiger partial charge is 0.325 e. The molecule has 0 aliphatic carbocycles. The fraction of sp³-hybridized carbons (Fsp3) is 0.467. The highest BCUT2D eigenvalue weighted by Crippen LogP contribution is 2.23. The maximum atomic E-state index is 11.7. The van der Waals surface area contributed by atoms with Crippen molar-refractivity contribution in [2.45, 2.75) is 39.5 Å². The highest BCUT2D eigenvalue weighted by molar-refractivity contribution is 5.94. The first-order chi connectivity index (χ1) is 8.38. The standard InChI is InChI=1S/C15H20N2O/c1-5-11(10-16)14(18)17-13-8-6-12(7-9-13)15(2,3)4/h6-9,11H,5H2,1-4H3,(H,17,18). The SMILES string of the molecule is CCC(C#N)C(=O)Nc1ccc(C(C)(C)C)cc1. The minimum absolute atomic E-state index is 0.0984. The number of carbonyl (C=O) groups excluding carboxylic acids is 1. The molecule has 3 heteroatoms. The summed E-state index contributed by atoms with van der Waals surface area (Å²) in [5.41, 5.74) is 2.05. The van der Waals surface area contributed by atoms with Crippen LogP contribution in [0.5, 0.6) is 0 Å². The summed E-state index contributed by atoms with van der Waals surface area (Å²) < 4.78 is 0. The molecule has 96 valence electrons. The molecular weight excluding hydrogens is 224 g/mol. The molecule has 3 nitrogen and oxygen atoms in total. The summed E-state index contributed by atoms with van der Waals surface area (Å²) in [6, 6.07) is 9.76. The minimum Gasteiger partial charge on any atom is -0.325 e. The van der Waals surface area contributed by atoms with Gasteiger partial charge in [-0.15, -0.1) is 0 Å². The van der Waals surface area contributed by atoms with Crippen molar-refractivity contribution < 1.29 is 4.79 Å². The number of benzene rings is 1. The van der Waals surface area contributed by atoms with Crippen LogP contribution in [0.3, 0.4) is 0 Å². The van der Waals surface area contributed by atoms with Gasteiger partial charge in [-0.1, -0.05) is 39.8 Å². The molecule has 0 aromatic heterocycles. The van der Waals surface area contributed by atoms with Crippen LogP contribution in [0.1, 0.15) is 39.7 Å². The number of anilines is 1. The lowest BCUT2D eigenvalue weighted by atomic mass is 9.87. The molecule has 0 fully saturated rings. The van der Waals surface area contributed by atoms with Gasteiger partial charge in [0.05, 0.1) is 6.07 Å². The molecule has 0 aliphatic heterocycles. The molecule has 0 aliphatic rings. The number of carbonyl (C=O) groups is 1. The van der Waals surface area contributed by atoms with Gasteiger partial charge in [0.1, 0.15) is 5.92 Å². The predicted molar refractivity (Wildman–Crippen MR) is 73.2 cm³/mol. The summed E-state index contributed by atoms with van der Waals surface area (Å²) in [6.45, 7) is 8.26. The molecule has 1 atom stereocenters. The summed E-state index contributed by atoms with van der Waals surface area (Å²) in [5.74, 6) is -0.809. The van der Waals surface area contributed by atoms with E-state index in [9.17, 15) is 4.79 Å². The Morgan fingerprint density at radius 2 is 1.89 bits per heavy atom. The van der Waals surface area contributed by atoms with Crippen LogP contribution in [-0.2, 0) is 10.2 Å². The van der Waals surface area contributed by atoms with Gasteiger partial charge >= 0.3 is 0 Å². The van der Waals surface area contributed by atoms with E-state index in [4.69, 9.17) is 5.26 Å². The Bertz CT molecular complexity index is 449. The normalized spacial score (nSPS) is 12.6. The number of nitrogens with one attached hydrogen (secondary N) is 1. The molecule has 0 heterocycles. The fourth-order valence-corrected chi connectivity index (χ4v) is 1.62. The quantitative estimate of drug-likeness (QED) is 0.885. The third-order valence-electron chi connectivity index (χ3n) is 2.90. The fourth-order valence-electron chi connectivity index (χ4n) is 1.62. The van der Waals surface area contributed by atoms with Crippen molar-refractivity contribution in [1.29, 1.82) is 5.26 Å². The molecule has 1 aromatic carbocycles. The van der Waals surface area contributed by atoms with Gasteiger partial charge < -0.3 is 5.32 Å². The van der Waals surface area contributed by atoms with Crippen molar-refractivity contribution in [3.63, 3.8) is 0 Å². The van der Waals surface area contributed by atoms with Gasteiger partial charge in [-0.25, -0.2) is 0 Å². The molecule has 1 amide bonds. The van der Waals surface area contributed by atoms with Crippen LogP contribution in [0.4, 0.5) is 5.69 Å². The van der Waals surface area contributed by atoms with Gasteiger partial charge in [0.15, 0.2) is 0 Å². The van der Waals surface area contributed by atoms with Gasteiger partial charge in [0, 0.05) is 5.69 Å². The highest BCUT2D eigenvalue weighted by Gasteiger charge is 2.16. The van der Waals surface area contributed by atoms with E-state index in [-0.39, 0.29) is 11.3 Å². The average molecular weight is 244 g/mol. The van der Waals surface area contributed by atoms with E-state index >= 15 is 0 Å². The van der Waals surface area contributed by atoms with Crippen molar-refractivity contribution in [3.05, 3.63) is 29.8 Å². The van der Waals surface area contributed by atoms with Crippen LogP contribution in [-0.4, -0.2) is 5.91 Å². The Kier molecular flexibility index (Phi) is 4.49. The minimum atomic E-state index is -0.577. The van der Waals surface area contributed by atoms with Crippen molar-refractivity contribution in [3.8, 4) is 6.07 Å². The monoisotopic (exact) mass is 244 g/mol. The maximum Gasteiger partial charge on any atom is 0.241 e. The molecule has 1 rings (SSSR count). The molecule has 1 unspecified atom stereocenters. The summed E-state index contributed by atoms with van der Waals surface area (Å²) in [7, 11) is 0. The first-order valence-electron chi connectivity index (χ1n) is 6.19. The van der Waals surface area contributed by atoms with E-state index in [0.29, 0.717) is 6.42 Å². The lowest BCUT2D eigenvalue weighted by Crippen LogP contribution is -2.21. The zero-order valence-corrected chi connectivity index (χ0v) is 11.4. The van der Waals surface area contributed by atoms with Gasteiger partial charge in [-0.3, -0.25) is 4.79 Å². The van der Waals surface area contributed by atoms with Crippen LogP contribution < -0.4 is 5.32 Å². The number of rotatable bonds is 3. The van der Waals surface area contributed by atoms with Crippen LogP contribution in [0.25, 0.3) is 0 Å². The molecule has 18 heavy (non-hydrogen) atoms. The Morgan fingerprint density at radius 3 is 2.28 bits per heavy atom. The zero-order chi connectivity index (χ0) is 13.8. The number of hydrogen-bond donors (Lipinski definition) is 1. The van der Waals surface area contributed by atoms with E-state index in [1.807, 2.05) is 37.3 Å². The first-order valence-corrected chi connectivity index (χ1v) is 6.19. The summed E-state index contributed by atoms with van der Waals surface area (Å²) in [6.07, 6.45) is 0.530. The summed E-state index contributed by atoms with van der Waals surface area (Å²) in [4.78, 5) is 11.7. The predicted octanol–water partition coefficient (Wildman–Crippen LogP) is 3.47. The van der Waals surface area contributed by atoms with Gasteiger partial charge in [-0.05, 0) is 29.5 Å². The smallest absolute Gasteiger partial charge is 0.241 e. The molecule has 0 bridgehead atoms. The lowest BCUT2D eigenvalue weighted by Gasteiger charge is -2.19. The number of nitriles is 1. The van der Waals surface area contributed by atoms with Crippen LogP contribution in [0.15, 0.2) is 24.3 Å². The van der Waals surface area contributed by atoms with E-state index in [1.165, 1.54) is 5.56 Å². The van der Waals surface area contributed by atoms with Crippen molar-refractivity contribution in [2.24, 2.45) is 5.92 Å². The van der Waals surface area contributed by atoms with E-state index < -0.39 is 5.92 Å². The second kappa shape index (κ2) is 5.68. The second-order valence-corrected chi connectivity index (χ2v) is 5.41. The summed E-state index contributed by atoms with van der Waals surface area (Å²) in [5, 5.41) is 11.6. The van der Waals surface area contributed by atoms with Crippen molar-refractivity contribution >= 4 is 11.6 Å². The number of amides is 1. The van der Waals surface area contributed by atoms with E-state index in [2.05, 4.69) is 26.1 Å². The van der Waals surface area contributed by atoms with E-state index in [0.717, 1.165) is 5.69 Å². The van der Waals surface area contributed by atoms with Crippen LogP contribution >= 0.6 is 0 Å². The zero-order valence-electron chi connectivity index (χ0n) is 11.4. The third kappa shape index (κ3) is 3.59. The van der Waals surface area contributed by atoms with E-state index in [1.54, 1.807) is 0 Å². The summed E-state index contributed by atoms with van der Waals surface area (Å²) >= 11 is 0. The molecule has 1 N–H and O–H groups in total. The molecule has 1 aromatic rings. The first kappa shape index (κ1) is 14.2. The molecule has 0 saturated carbocycles.